The van der Waals surface area contributed by atoms with Crippen molar-refractivity contribution in [3.63, 3.8) is 0 Å². The molecule has 1 aromatic rings. The van der Waals surface area contributed by atoms with Crippen molar-refractivity contribution in [1.82, 2.24) is 4.98 Å². The minimum Gasteiger partial charge on any atom is -0.381 e. The molecule has 0 saturated carbocycles. The number of aromatic nitrogens is 1. The van der Waals surface area contributed by atoms with Gasteiger partial charge in [0.05, 0.1) is 0 Å². The van der Waals surface area contributed by atoms with E-state index in [1.165, 1.54) is 0 Å². The first-order chi connectivity index (χ1) is 7.33. The number of H-pyrrole nitrogens is 1. The number of hydrogen-bond acceptors (Lipinski definition) is 3. The summed E-state index contributed by atoms with van der Waals surface area (Å²) in [6.45, 7) is 1.42. The molecule has 4 heteroatoms. The van der Waals surface area contributed by atoms with Crippen molar-refractivity contribution >= 4 is 0 Å². The molecule has 0 unspecified atom stereocenters. The average Bonchev–Trinajstić information content (AvgIpc) is 2.30. The van der Waals surface area contributed by atoms with Crippen LogP contribution in [0.2, 0.25) is 0 Å². The Balaban J connectivity index is 2.39. The van der Waals surface area contributed by atoms with Gasteiger partial charge < -0.3 is 9.72 Å². The molecule has 0 radical (unpaired) electrons. The van der Waals surface area contributed by atoms with Crippen molar-refractivity contribution in [2.45, 2.75) is 18.8 Å². The van der Waals surface area contributed by atoms with E-state index in [1.54, 1.807) is 6.20 Å². The zero-order valence-corrected chi connectivity index (χ0v) is 8.32. The van der Waals surface area contributed by atoms with Gasteiger partial charge in [-0.05, 0) is 30.4 Å². The number of nitrogens with zero attached hydrogens (tertiary/aromatic N) is 1. The predicted molar refractivity (Wildman–Crippen MR) is 54.6 cm³/mol. The van der Waals surface area contributed by atoms with E-state index in [9.17, 15) is 4.79 Å². The molecular weight excluding hydrogens is 192 g/mol. The van der Waals surface area contributed by atoms with Crippen molar-refractivity contribution in [2.75, 3.05) is 13.2 Å². The van der Waals surface area contributed by atoms with Gasteiger partial charge >= 0.3 is 0 Å². The van der Waals surface area contributed by atoms with Crippen molar-refractivity contribution < 1.29 is 4.74 Å². The lowest BCUT2D eigenvalue weighted by molar-refractivity contribution is 0.0852. The highest BCUT2D eigenvalue weighted by Crippen LogP contribution is 2.27. The predicted octanol–water partition coefficient (Wildman–Crippen LogP) is 1.14. The first-order valence-electron chi connectivity index (χ1n) is 5.02. The van der Waals surface area contributed by atoms with Crippen LogP contribution < -0.4 is 5.56 Å². The number of aromatic amines is 1. The molecule has 0 aromatic carbocycles. The van der Waals surface area contributed by atoms with E-state index in [-0.39, 0.29) is 17.0 Å². The highest BCUT2D eigenvalue weighted by Gasteiger charge is 2.20. The molecule has 1 fully saturated rings. The molecule has 1 aliphatic heterocycles. The topological polar surface area (TPSA) is 65.9 Å². The first-order valence-corrected chi connectivity index (χ1v) is 5.02. The Morgan fingerprint density at radius 1 is 1.47 bits per heavy atom. The zero-order valence-electron chi connectivity index (χ0n) is 8.32. The van der Waals surface area contributed by atoms with Gasteiger partial charge in [-0.25, -0.2) is 0 Å². The summed E-state index contributed by atoms with van der Waals surface area (Å²) in [5, 5.41) is 8.93. The molecule has 0 spiro atoms. The first kappa shape index (κ1) is 9.94. The van der Waals surface area contributed by atoms with Crippen LogP contribution in [0.5, 0.6) is 0 Å². The van der Waals surface area contributed by atoms with Crippen molar-refractivity contribution in [2.24, 2.45) is 0 Å². The second-order valence-corrected chi connectivity index (χ2v) is 3.64. The summed E-state index contributed by atoms with van der Waals surface area (Å²) >= 11 is 0. The molecule has 0 amide bonds. The maximum Gasteiger partial charge on any atom is 0.266 e. The Morgan fingerprint density at radius 2 is 2.20 bits per heavy atom. The summed E-state index contributed by atoms with van der Waals surface area (Å²) in [6.07, 6.45) is 3.38. The maximum absolute atomic E-state index is 11.4. The molecule has 0 atom stereocenters. The van der Waals surface area contributed by atoms with Crippen LogP contribution in [-0.2, 0) is 4.74 Å². The lowest BCUT2D eigenvalue weighted by Crippen LogP contribution is -2.19. The third-order valence-electron chi connectivity index (χ3n) is 2.77. The van der Waals surface area contributed by atoms with Crippen molar-refractivity contribution in [3.8, 4) is 6.07 Å². The average molecular weight is 204 g/mol. The lowest BCUT2D eigenvalue weighted by Gasteiger charge is -2.22. The van der Waals surface area contributed by atoms with Gasteiger partial charge in [-0.1, -0.05) is 0 Å². The summed E-state index contributed by atoms with van der Waals surface area (Å²) in [5.74, 6) is 0.288. The van der Waals surface area contributed by atoms with Gasteiger partial charge in [0.1, 0.15) is 11.6 Å². The van der Waals surface area contributed by atoms with Gasteiger partial charge in [-0.15, -0.1) is 0 Å². The third-order valence-corrected chi connectivity index (χ3v) is 2.77. The second-order valence-electron chi connectivity index (χ2n) is 3.64. The number of ether oxygens (including phenoxy) is 1. The maximum atomic E-state index is 11.4. The normalized spacial score (nSPS) is 17.3. The molecule has 0 bridgehead atoms. The molecule has 2 heterocycles. The van der Waals surface area contributed by atoms with E-state index in [0.29, 0.717) is 13.2 Å². The summed E-state index contributed by atoms with van der Waals surface area (Å²) < 4.78 is 5.26. The monoisotopic (exact) mass is 204 g/mol. The summed E-state index contributed by atoms with van der Waals surface area (Å²) in [4.78, 5) is 13.9. The lowest BCUT2D eigenvalue weighted by atomic mass is 9.89. The molecule has 2 rings (SSSR count). The van der Waals surface area contributed by atoms with Gasteiger partial charge in [0, 0.05) is 19.4 Å². The van der Waals surface area contributed by atoms with Crippen LogP contribution in [0.15, 0.2) is 17.1 Å². The van der Waals surface area contributed by atoms with E-state index in [4.69, 9.17) is 10.00 Å². The third kappa shape index (κ3) is 1.92. The van der Waals surface area contributed by atoms with Gasteiger partial charge in [-0.2, -0.15) is 5.26 Å². The van der Waals surface area contributed by atoms with Gasteiger partial charge in [-0.3, -0.25) is 4.79 Å². The molecule has 4 nitrogen and oxygen atoms in total. The van der Waals surface area contributed by atoms with E-state index in [0.717, 1.165) is 18.4 Å². The Morgan fingerprint density at radius 3 is 2.87 bits per heavy atom. The fourth-order valence-electron chi connectivity index (χ4n) is 1.96. The van der Waals surface area contributed by atoms with Gasteiger partial charge in [0.25, 0.3) is 5.56 Å². The molecular formula is C11H12N2O2. The molecule has 78 valence electrons. The summed E-state index contributed by atoms with van der Waals surface area (Å²) in [7, 11) is 0. The number of hydrogen-bond donors (Lipinski definition) is 1. The zero-order chi connectivity index (χ0) is 10.7. The van der Waals surface area contributed by atoms with Crippen LogP contribution in [0.25, 0.3) is 0 Å². The van der Waals surface area contributed by atoms with Crippen LogP contribution >= 0.6 is 0 Å². The number of pyridine rings is 1. The standard InChI is InChI=1S/C11H12N2O2/c12-7-10-9(1-4-13-11(10)14)8-2-5-15-6-3-8/h1,4,8H,2-3,5-6H2,(H,13,14). The van der Waals surface area contributed by atoms with Crippen molar-refractivity contribution in [1.29, 1.82) is 5.26 Å². The van der Waals surface area contributed by atoms with E-state index >= 15 is 0 Å². The number of nitrogens with one attached hydrogen (secondary N) is 1. The number of nitriles is 1. The Kier molecular flexibility index (Phi) is 2.84. The Bertz CT molecular complexity index is 439. The van der Waals surface area contributed by atoms with Crippen LogP contribution in [0.4, 0.5) is 0 Å². The fraction of sp³-hybridized carbons (Fsp3) is 0.455. The molecule has 1 N–H and O–H groups in total. The molecule has 1 aromatic heterocycles. The largest absolute Gasteiger partial charge is 0.381 e. The van der Waals surface area contributed by atoms with Gasteiger partial charge in [0.15, 0.2) is 0 Å². The second kappa shape index (κ2) is 4.28. The van der Waals surface area contributed by atoms with Gasteiger partial charge in [0.2, 0.25) is 0 Å². The SMILES string of the molecule is N#Cc1c(C2CCOCC2)cc[nH]c1=O. The Labute approximate surface area is 87.5 Å². The fourth-order valence-corrected chi connectivity index (χ4v) is 1.96. The van der Waals surface area contributed by atoms with E-state index < -0.39 is 0 Å². The van der Waals surface area contributed by atoms with Crippen molar-refractivity contribution in [3.05, 3.63) is 33.7 Å². The minimum absolute atomic E-state index is 0.254. The van der Waals surface area contributed by atoms with Crippen LogP contribution in [0, 0.1) is 11.3 Å². The highest BCUT2D eigenvalue weighted by molar-refractivity contribution is 5.37. The van der Waals surface area contributed by atoms with Crippen LogP contribution in [0.1, 0.15) is 29.9 Å². The van der Waals surface area contributed by atoms with E-state index in [1.807, 2.05) is 12.1 Å². The van der Waals surface area contributed by atoms with Crippen LogP contribution in [0.3, 0.4) is 0 Å². The number of rotatable bonds is 1. The minimum atomic E-state index is -0.290. The Hall–Kier alpha value is -1.60. The smallest absolute Gasteiger partial charge is 0.266 e. The molecule has 15 heavy (non-hydrogen) atoms. The summed E-state index contributed by atoms with van der Waals surface area (Å²) in [5.41, 5.74) is 0.829. The molecule has 0 aliphatic carbocycles. The molecule has 1 saturated heterocycles. The quantitative estimate of drug-likeness (QED) is 0.746. The van der Waals surface area contributed by atoms with Crippen LogP contribution in [-0.4, -0.2) is 18.2 Å². The van der Waals surface area contributed by atoms with E-state index in [2.05, 4.69) is 4.98 Å². The molecule has 1 aliphatic rings. The summed E-state index contributed by atoms with van der Waals surface area (Å²) in [6, 6.07) is 3.81. The highest BCUT2D eigenvalue weighted by atomic mass is 16.5.